The number of esters is 1. The van der Waals surface area contributed by atoms with Gasteiger partial charge in [0.2, 0.25) is 0 Å². The quantitative estimate of drug-likeness (QED) is 0.221. The fraction of sp³-hybridized carbons (Fsp3) is 0.345. The molecule has 2 nitrogen and oxygen atoms in total. The van der Waals surface area contributed by atoms with Crippen LogP contribution >= 0.6 is 0 Å². The van der Waals surface area contributed by atoms with Gasteiger partial charge in [0.05, 0.1) is 5.92 Å². The number of carbonyl (C=O) groups is 1. The van der Waals surface area contributed by atoms with Crippen LogP contribution in [0, 0.1) is 12.7 Å². The third-order valence-electron chi connectivity index (χ3n) is 6.46. The minimum atomic E-state index is -0.432. The van der Waals surface area contributed by atoms with Crippen LogP contribution in [0.3, 0.4) is 0 Å². The molecular formula is C29H31FO2. The predicted molar refractivity (Wildman–Crippen MR) is 127 cm³/mol. The lowest BCUT2D eigenvalue weighted by Crippen LogP contribution is -2.26. The Labute approximate surface area is 190 Å². The molecule has 0 N–H and O–H groups in total. The molecule has 0 spiro atoms. The van der Waals surface area contributed by atoms with E-state index < -0.39 is 5.82 Å². The molecule has 0 amide bonds. The van der Waals surface area contributed by atoms with Crippen LogP contribution in [0.4, 0.5) is 4.39 Å². The van der Waals surface area contributed by atoms with Gasteiger partial charge in [0.15, 0.2) is 11.6 Å². The number of fused-ring (bicyclic) bond motifs is 1. The Balaban J connectivity index is 1.36. The molecule has 32 heavy (non-hydrogen) atoms. The van der Waals surface area contributed by atoms with Gasteiger partial charge in [-0.3, -0.25) is 4.79 Å². The number of benzene rings is 3. The summed E-state index contributed by atoms with van der Waals surface area (Å²) in [6, 6.07) is 20.8. The van der Waals surface area contributed by atoms with Gasteiger partial charge in [-0.05, 0) is 72.4 Å². The molecule has 3 heteroatoms. The first-order valence-corrected chi connectivity index (χ1v) is 11.7. The Bertz CT molecular complexity index is 1070. The Morgan fingerprint density at radius 3 is 2.06 bits per heavy atom. The highest BCUT2D eigenvalue weighted by molar-refractivity contribution is 5.83. The summed E-state index contributed by atoms with van der Waals surface area (Å²) in [6.45, 7) is 3.91. The fourth-order valence-corrected chi connectivity index (χ4v) is 4.35. The summed E-state index contributed by atoms with van der Waals surface area (Å²) < 4.78 is 19.7. The molecule has 4 rings (SSSR count). The third-order valence-corrected chi connectivity index (χ3v) is 6.46. The van der Waals surface area contributed by atoms with E-state index in [9.17, 15) is 9.18 Å². The minimum Gasteiger partial charge on any atom is -0.423 e. The molecule has 0 radical (unpaired) electrons. The number of hydrogen-bond donors (Lipinski definition) is 0. The molecule has 0 saturated heterocycles. The van der Waals surface area contributed by atoms with Crippen LogP contribution in [0.1, 0.15) is 65.5 Å². The average molecular weight is 431 g/mol. The van der Waals surface area contributed by atoms with E-state index in [1.807, 2.05) is 18.2 Å². The first-order chi connectivity index (χ1) is 15.5. The molecule has 1 aliphatic heterocycles. The van der Waals surface area contributed by atoms with Gasteiger partial charge in [0, 0.05) is 0 Å². The molecular weight excluding hydrogens is 399 g/mol. The van der Waals surface area contributed by atoms with Crippen molar-refractivity contribution in [1.82, 2.24) is 0 Å². The zero-order valence-electron chi connectivity index (χ0n) is 19.0. The lowest BCUT2D eigenvalue weighted by Gasteiger charge is -2.24. The summed E-state index contributed by atoms with van der Waals surface area (Å²) in [7, 11) is 0. The van der Waals surface area contributed by atoms with Crippen molar-refractivity contribution in [2.45, 2.75) is 64.7 Å². The maximum atomic E-state index is 14.3. The van der Waals surface area contributed by atoms with E-state index in [0.717, 1.165) is 30.4 Å². The number of ether oxygens (including phenoxy) is 1. The van der Waals surface area contributed by atoms with E-state index in [4.69, 9.17) is 4.74 Å². The first kappa shape index (κ1) is 22.3. The van der Waals surface area contributed by atoms with Crippen molar-refractivity contribution in [3.63, 3.8) is 0 Å². The molecule has 0 bridgehead atoms. The monoisotopic (exact) mass is 430 g/mol. The molecule has 1 unspecified atom stereocenters. The summed E-state index contributed by atoms with van der Waals surface area (Å²) in [6.07, 6.45) is 7.38. The number of hydrogen-bond acceptors (Lipinski definition) is 2. The van der Waals surface area contributed by atoms with E-state index in [1.54, 1.807) is 13.0 Å². The van der Waals surface area contributed by atoms with Crippen LogP contribution in [0.5, 0.6) is 5.75 Å². The van der Waals surface area contributed by atoms with Gasteiger partial charge < -0.3 is 4.74 Å². The number of aryl methyl sites for hydroxylation is 4. The van der Waals surface area contributed by atoms with E-state index >= 15 is 0 Å². The highest BCUT2D eigenvalue weighted by Gasteiger charge is 2.32. The second-order valence-corrected chi connectivity index (χ2v) is 8.88. The summed E-state index contributed by atoms with van der Waals surface area (Å²) in [5.74, 6) is -1.11. The van der Waals surface area contributed by atoms with Gasteiger partial charge in [-0.15, -0.1) is 0 Å². The smallest absolute Gasteiger partial charge is 0.319 e. The van der Waals surface area contributed by atoms with E-state index in [-0.39, 0.29) is 17.6 Å². The molecule has 3 aromatic rings. The van der Waals surface area contributed by atoms with Crippen molar-refractivity contribution < 1.29 is 13.9 Å². The predicted octanol–water partition coefficient (Wildman–Crippen LogP) is 6.90. The number of carbonyl (C=O) groups excluding carboxylic acids is 1. The summed E-state index contributed by atoms with van der Waals surface area (Å²) in [4.78, 5) is 12.5. The molecule has 0 aromatic heterocycles. The molecule has 0 saturated carbocycles. The van der Waals surface area contributed by atoms with Gasteiger partial charge >= 0.3 is 5.97 Å². The van der Waals surface area contributed by atoms with Crippen LogP contribution in [0.2, 0.25) is 0 Å². The lowest BCUT2D eigenvalue weighted by molar-refractivity contribution is -0.137. The maximum Gasteiger partial charge on any atom is 0.319 e. The number of unbranched alkanes of at least 4 members (excludes halogenated alkanes) is 2. The molecule has 1 aliphatic rings. The van der Waals surface area contributed by atoms with Gasteiger partial charge in [0.1, 0.15) is 0 Å². The molecule has 166 valence electrons. The summed E-state index contributed by atoms with van der Waals surface area (Å²) in [5, 5.41) is 0. The van der Waals surface area contributed by atoms with Crippen molar-refractivity contribution in [2.24, 2.45) is 0 Å². The van der Waals surface area contributed by atoms with Crippen LogP contribution in [0.25, 0.3) is 0 Å². The highest BCUT2D eigenvalue weighted by atomic mass is 19.1. The van der Waals surface area contributed by atoms with E-state index in [1.165, 1.54) is 36.0 Å². The maximum absolute atomic E-state index is 14.3. The SMILES string of the molecule is CCCCCc1ccc(CCc2ccc(C3Cc4ccc(C)c(F)c4OC3=O)cc2)cc1. The molecule has 0 fully saturated rings. The van der Waals surface area contributed by atoms with Crippen LogP contribution in [-0.2, 0) is 30.5 Å². The summed E-state index contributed by atoms with van der Waals surface area (Å²) in [5.41, 5.74) is 6.17. The van der Waals surface area contributed by atoms with E-state index in [2.05, 4.69) is 43.3 Å². The Morgan fingerprint density at radius 2 is 1.44 bits per heavy atom. The van der Waals surface area contributed by atoms with Crippen LogP contribution in [-0.4, -0.2) is 5.97 Å². The molecule has 1 atom stereocenters. The van der Waals surface area contributed by atoms with Gasteiger partial charge in [-0.2, -0.15) is 0 Å². The van der Waals surface area contributed by atoms with Gasteiger partial charge in [-0.1, -0.05) is 80.4 Å². The Hall–Kier alpha value is -2.94. The van der Waals surface area contributed by atoms with Crippen molar-refractivity contribution in [3.8, 4) is 5.75 Å². The second-order valence-electron chi connectivity index (χ2n) is 8.88. The van der Waals surface area contributed by atoms with Crippen molar-refractivity contribution >= 4 is 5.97 Å². The van der Waals surface area contributed by atoms with Crippen LogP contribution in [0.15, 0.2) is 60.7 Å². The normalized spacial score (nSPS) is 15.3. The zero-order chi connectivity index (χ0) is 22.5. The number of rotatable bonds is 8. The zero-order valence-corrected chi connectivity index (χ0v) is 19.0. The highest BCUT2D eigenvalue weighted by Crippen LogP contribution is 2.36. The van der Waals surface area contributed by atoms with Gasteiger partial charge in [0.25, 0.3) is 0 Å². The first-order valence-electron chi connectivity index (χ1n) is 11.7. The lowest BCUT2D eigenvalue weighted by atomic mass is 9.88. The summed E-state index contributed by atoms with van der Waals surface area (Å²) >= 11 is 0. The van der Waals surface area contributed by atoms with Crippen molar-refractivity contribution in [3.05, 3.63) is 99.9 Å². The fourth-order valence-electron chi connectivity index (χ4n) is 4.35. The third kappa shape index (κ3) is 5.09. The second kappa shape index (κ2) is 10.1. The average Bonchev–Trinajstić information content (AvgIpc) is 2.82. The molecule has 0 aliphatic carbocycles. The van der Waals surface area contributed by atoms with E-state index in [0.29, 0.717) is 12.0 Å². The topological polar surface area (TPSA) is 26.3 Å². The van der Waals surface area contributed by atoms with Crippen molar-refractivity contribution in [1.29, 1.82) is 0 Å². The molecule has 3 aromatic carbocycles. The minimum absolute atomic E-state index is 0.0965. The standard InChI is InChI=1S/C29H31FO2/c1-3-4-5-6-21-8-10-22(11-9-21)12-13-23-14-17-24(18-15-23)26-19-25-16-7-20(2)27(30)28(25)32-29(26)31/h7-11,14-18,26H,3-6,12-13,19H2,1-2H3. The Kier molecular flexibility index (Phi) is 7.04. The van der Waals surface area contributed by atoms with Gasteiger partial charge in [-0.25, -0.2) is 4.39 Å². The van der Waals surface area contributed by atoms with Crippen LogP contribution < -0.4 is 4.74 Å². The number of halogens is 1. The largest absolute Gasteiger partial charge is 0.423 e. The van der Waals surface area contributed by atoms with Crippen molar-refractivity contribution in [2.75, 3.05) is 0 Å². The Morgan fingerprint density at radius 1 is 0.844 bits per heavy atom. The molecule has 1 heterocycles.